The molecule has 0 aliphatic rings. The maximum absolute atomic E-state index is 13.6. The van der Waals surface area contributed by atoms with Gasteiger partial charge in [-0.2, -0.15) is 0 Å². The molecule has 0 aliphatic heterocycles. The van der Waals surface area contributed by atoms with Gasteiger partial charge < -0.3 is 0 Å². The van der Waals surface area contributed by atoms with Crippen molar-refractivity contribution in [2.45, 2.75) is 23.6 Å². The van der Waals surface area contributed by atoms with Crippen LogP contribution in [0.5, 0.6) is 0 Å². The molecule has 2 rings (SSSR count). The number of hydrogen-bond donors (Lipinski definition) is 0. The fourth-order valence-electron chi connectivity index (χ4n) is 1.53. The molecule has 2 aromatic rings. The average molecular weight is 286 g/mol. The van der Waals surface area contributed by atoms with Crippen LogP contribution in [0.15, 0.2) is 34.1 Å². The molecule has 100 valence electrons. The van der Waals surface area contributed by atoms with Gasteiger partial charge in [0.15, 0.2) is 23.3 Å². The summed E-state index contributed by atoms with van der Waals surface area (Å²) in [5.41, 5.74) is 0.329. The Labute approximate surface area is 112 Å². The lowest BCUT2D eigenvalue weighted by atomic mass is 10.2. The zero-order valence-corrected chi connectivity index (χ0v) is 11.0. The first kappa shape index (κ1) is 13.9. The number of benzene rings is 2. The van der Waals surface area contributed by atoms with Gasteiger partial charge in [-0.1, -0.05) is 23.9 Å². The van der Waals surface area contributed by atoms with E-state index in [0.717, 1.165) is 0 Å². The molecule has 5 heteroatoms. The van der Waals surface area contributed by atoms with Crippen LogP contribution in [0.4, 0.5) is 17.6 Å². The van der Waals surface area contributed by atoms with E-state index in [1.807, 2.05) is 0 Å². The van der Waals surface area contributed by atoms with E-state index in [1.165, 1.54) is 38.1 Å². The number of halogens is 4. The molecule has 0 fully saturated rings. The van der Waals surface area contributed by atoms with Crippen LogP contribution in [0.1, 0.15) is 11.1 Å². The topological polar surface area (TPSA) is 0 Å². The Morgan fingerprint density at radius 1 is 0.632 bits per heavy atom. The summed E-state index contributed by atoms with van der Waals surface area (Å²) < 4.78 is 54.1. The molecule has 0 saturated heterocycles. The van der Waals surface area contributed by atoms with Crippen LogP contribution in [0.25, 0.3) is 0 Å². The third-order valence-electron chi connectivity index (χ3n) is 2.70. The SMILES string of the molecule is Cc1ccc(Sc2ccc(C)c(F)c2F)c(F)c1F. The highest BCUT2D eigenvalue weighted by atomic mass is 32.2. The molecular formula is C14H10F4S. The van der Waals surface area contributed by atoms with Gasteiger partial charge in [0.25, 0.3) is 0 Å². The zero-order valence-electron chi connectivity index (χ0n) is 10.2. The Morgan fingerprint density at radius 2 is 1.00 bits per heavy atom. The summed E-state index contributed by atoms with van der Waals surface area (Å²) in [6.45, 7) is 2.86. The normalized spacial score (nSPS) is 10.8. The monoisotopic (exact) mass is 286 g/mol. The Bertz CT molecular complexity index is 582. The van der Waals surface area contributed by atoms with Crippen LogP contribution in [0.3, 0.4) is 0 Å². The molecule has 0 spiro atoms. The van der Waals surface area contributed by atoms with Crippen LogP contribution in [0.2, 0.25) is 0 Å². The summed E-state index contributed by atoms with van der Waals surface area (Å²) in [4.78, 5) is -0.157. The van der Waals surface area contributed by atoms with E-state index in [0.29, 0.717) is 11.8 Å². The highest BCUT2D eigenvalue weighted by molar-refractivity contribution is 7.99. The van der Waals surface area contributed by atoms with Gasteiger partial charge in [-0.25, -0.2) is 17.6 Å². The number of hydrogen-bond acceptors (Lipinski definition) is 1. The molecule has 0 N–H and O–H groups in total. The zero-order chi connectivity index (χ0) is 14.2. The minimum absolute atomic E-state index is 0.0785. The van der Waals surface area contributed by atoms with Gasteiger partial charge in [0.1, 0.15) is 0 Å². The van der Waals surface area contributed by atoms with Crippen molar-refractivity contribution >= 4 is 11.8 Å². The maximum atomic E-state index is 13.6. The minimum atomic E-state index is -1.05. The minimum Gasteiger partial charge on any atom is -0.203 e. The van der Waals surface area contributed by atoms with Crippen LogP contribution < -0.4 is 0 Å². The molecule has 0 bridgehead atoms. The summed E-state index contributed by atoms with van der Waals surface area (Å²) in [7, 11) is 0. The lowest BCUT2D eigenvalue weighted by molar-refractivity contribution is 0.482. The first-order valence-electron chi connectivity index (χ1n) is 5.49. The van der Waals surface area contributed by atoms with Gasteiger partial charge in [0.2, 0.25) is 0 Å². The molecule has 0 aromatic heterocycles. The van der Waals surface area contributed by atoms with Gasteiger partial charge in [0.05, 0.1) is 9.79 Å². The number of rotatable bonds is 2. The lowest BCUT2D eigenvalue weighted by Crippen LogP contribution is -1.94. The van der Waals surface area contributed by atoms with Crippen LogP contribution in [0, 0.1) is 37.1 Å². The molecule has 0 heterocycles. The first-order valence-corrected chi connectivity index (χ1v) is 6.30. The second kappa shape index (κ2) is 5.25. The Balaban J connectivity index is 2.43. The van der Waals surface area contributed by atoms with E-state index in [9.17, 15) is 17.6 Å². The fraction of sp³-hybridized carbons (Fsp3) is 0.143. The Morgan fingerprint density at radius 3 is 1.37 bits per heavy atom. The highest BCUT2D eigenvalue weighted by Crippen LogP contribution is 2.34. The van der Waals surface area contributed by atoms with Gasteiger partial charge in [-0.3, -0.25) is 0 Å². The lowest BCUT2D eigenvalue weighted by Gasteiger charge is -2.08. The predicted molar refractivity (Wildman–Crippen MR) is 66.3 cm³/mol. The second-order valence-electron chi connectivity index (χ2n) is 4.12. The summed E-state index contributed by atoms with van der Waals surface area (Å²) in [5.74, 6) is -4.05. The van der Waals surface area contributed by atoms with E-state index in [2.05, 4.69) is 0 Å². The molecule has 2 aromatic carbocycles. The average Bonchev–Trinajstić information content (AvgIpc) is 2.39. The largest absolute Gasteiger partial charge is 0.203 e. The van der Waals surface area contributed by atoms with Crippen molar-refractivity contribution in [1.29, 1.82) is 0 Å². The highest BCUT2D eigenvalue weighted by Gasteiger charge is 2.16. The molecular weight excluding hydrogens is 276 g/mol. The molecule has 19 heavy (non-hydrogen) atoms. The summed E-state index contributed by atoms with van der Waals surface area (Å²) >= 11 is 0.657. The molecule has 0 nitrogen and oxygen atoms in total. The van der Waals surface area contributed by atoms with E-state index in [1.54, 1.807) is 0 Å². The van der Waals surface area contributed by atoms with Gasteiger partial charge in [-0.15, -0.1) is 0 Å². The van der Waals surface area contributed by atoms with Crippen molar-refractivity contribution in [3.63, 3.8) is 0 Å². The molecule has 0 saturated carbocycles. The third kappa shape index (κ3) is 2.61. The summed E-state index contributed by atoms with van der Waals surface area (Å²) in [6.07, 6.45) is 0. The molecule has 0 amide bonds. The fourth-order valence-corrected chi connectivity index (χ4v) is 2.40. The van der Waals surface area contributed by atoms with E-state index in [-0.39, 0.29) is 20.9 Å². The molecule has 0 unspecified atom stereocenters. The van der Waals surface area contributed by atoms with Crippen LogP contribution >= 0.6 is 11.8 Å². The summed E-state index contributed by atoms with van der Waals surface area (Å²) in [5, 5.41) is 0. The quantitative estimate of drug-likeness (QED) is 0.699. The van der Waals surface area contributed by atoms with Crippen molar-refractivity contribution in [2.24, 2.45) is 0 Å². The molecule has 0 radical (unpaired) electrons. The van der Waals surface area contributed by atoms with E-state index < -0.39 is 23.3 Å². The van der Waals surface area contributed by atoms with Crippen molar-refractivity contribution in [3.8, 4) is 0 Å². The molecule has 0 aliphatic carbocycles. The smallest absolute Gasteiger partial charge is 0.172 e. The first-order chi connectivity index (χ1) is 8.91. The van der Waals surface area contributed by atoms with E-state index >= 15 is 0 Å². The van der Waals surface area contributed by atoms with Crippen molar-refractivity contribution < 1.29 is 17.6 Å². The second-order valence-corrected chi connectivity index (χ2v) is 5.20. The Hall–Kier alpha value is -1.49. The van der Waals surface area contributed by atoms with Gasteiger partial charge in [-0.05, 0) is 37.1 Å². The summed E-state index contributed by atoms with van der Waals surface area (Å²) in [6, 6.07) is 5.47. The van der Waals surface area contributed by atoms with E-state index in [4.69, 9.17) is 0 Å². The van der Waals surface area contributed by atoms with Crippen molar-refractivity contribution in [1.82, 2.24) is 0 Å². The van der Waals surface area contributed by atoms with Crippen molar-refractivity contribution in [3.05, 3.63) is 58.7 Å². The molecule has 0 atom stereocenters. The van der Waals surface area contributed by atoms with Crippen LogP contribution in [-0.2, 0) is 0 Å². The maximum Gasteiger partial charge on any atom is 0.172 e. The van der Waals surface area contributed by atoms with Crippen molar-refractivity contribution in [2.75, 3.05) is 0 Å². The van der Waals surface area contributed by atoms with Gasteiger partial charge >= 0.3 is 0 Å². The van der Waals surface area contributed by atoms with Crippen LogP contribution in [-0.4, -0.2) is 0 Å². The number of aryl methyl sites for hydroxylation is 2. The third-order valence-corrected chi connectivity index (χ3v) is 3.77. The Kier molecular flexibility index (Phi) is 3.85. The standard InChI is InChI=1S/C14H10F4S/c1-7-3-5-9(13(17)11(7)15)19-10-6-4-8(2)12(16)14(10)18/h3-6H,1-2H3. The van der Waals surface area contributed by atoms with Gasteiger partial charge in [0, 0.05) is 0 Å². The predicted octanol–water partition coefficient (Wildman–Crippen LogP) is 5.01.